The highest BCUT2D eigenvalue weighted by atomic mass is 16.2. The molecule has 1 aromatic rings. The van der Waals surface area contributed by atoms with E-state index in [1.165, 1.54) is 37.7 Å². The fourth-order valence-corrected chi connectivity index (χ4v) is 4.18. The van der Waals surface area contributed by atoms with E-state index in [1.807, 2.05) is 0 Å². The highest BCUT2D eigenvalue weighted by Crippen LogP contribution is 2.27. The second kappa shape index (κ2) is 9.22. The number of benzene rings is 1. The average Bonchev–Trinajstić information content (AvgIpc) is 2.87. The number of carbonyl (C=O) groups excluding carboxylic acids is 1. The SMILES string of the molecule is O=C(CCC1CCCCC1)N1CCCN(Cc2ccccc2)CC1. The number of hydrogen-bond donors (Lipinski definition) is 0. The van der Waals surface area contributed by atoms with Gasteiger partial charge < -0.3 is 4.90 Å². The number of nitrogens with zero attached hydrogens (tertiary/aromatic N) is 2. The first-order chi connectivity index (χ1) is 11.8. The molecule has 2 aliphatic rings. The highest BCUT2D eigenvalue weighted by molar-refractivity contribution is 5.76. The van der Waals surface area contributed by atoms with Crippen LogP contribution in [0.1, 0.15) is 56.9 Å². The van der Waals surface area contributed by atoms with Crippen molar-refractivity contribution in [3.05, 3.63) is 35.9 Å². The fourth-order valence-electron chi connectivity index (χ4n) is 4.18. The Kier molecular flexibility index (Phi) is 6.71. The topological polar surface area (TPSA) is 23.6 Å². The number of hydrogen-bond acceptors (Lipinski definition) is 2. The van der Waals surface area contributed by atoms with E-state index in [0.29, 0.717) is 5.91 Å². The molecule has 132 valence electrons. The van der Waals surface area contributed by atoms with E-state index in [4.69, 9.17) is 0 Å². The molecule has 0 aromatic heterocycles. The number of amides is 1. The molecule has 3 rings (SSSR count). The molecule has 1 aliphatic carbocycles. The van der Waals surface area contributed by atoms with E-state index in [2.05, 4.69) is 40.1 Å². The Balaban J connectivity index is 1.41. The molecular formula is C21H32N2O. The summed E-state index contributed by atoms with van der Waals surface area (Å²) in [6.45, 7) is 4.95. The first-order valence-electron chi connectivity index (χ1n) is 9.85. The van der Waals surface area contributed by atoms with E-state index in [0.717, 1.165) is 57.9 Å². The van der Waals surface area contributed by atoms with Gasteiger partial charge >= 0.3 is 0 Å². The molecule has 1 aliphatic heterocycles. The van der Waals surface area contributed by atoms with Crippen LogP contribution in [-0.2, 0) is 11.3 Å². The van der Waals surface area contributed by atoms with Crippen LogP contribution < -0.4 is 0 Å². The van der Waals surface area contributed by atoms with Gasteiger partial charge in [-0.15, -0.1) is 0 Å². The zero-order valence-electron chi connectivity index (χ0n) is 15.0. The van der Waals surface area contributed by atoms with Crippen molar-refractivity contribution < 1.29 is 4.79 Å². The predicted octanol–water partition coefficient (Wildman–Crippen LogP) is 4.08. The minimum absolute atomic E-state index is 0.391. The molecule has 0 bridgehead atoms. The Morgan fingerprint density at radius 1 is 0.917 bits per heavy atom. The molecule has 24 heavy (non-hydrogen) atoms. The van der Waals surface area contributed by atoms with E-state index in [1.54, 1.807) is 0 Å². The minimum Gasteiger partial charge on any atom is -0.341 e. The first kappa shape index (κ1) is 17.5. The van der Waals surface area contributed by atoms with Gasteiger partial charge in [0, 0.05) is 39.1 Å². The van der Waals surface area contributed by atoms with Crippen LogP contribution in [-0.4, -0.2) is 41.9 Å². The Morgan fingerprint density at radius 2 is 1.71 bits per heavy atom. The van der Waals surface area contributed by atoms with Crippen LogP contribution in [0.15, 0.2) is 30.3 Å². The Bertz CT molecular complexity index is 496. The summed E-state index contributed by atoms with van der Waals surface area (Å²) >= 11 is 0. The largest absolute Gasteiger partial charge is 0.341 e. The highest BCUT2D eigenvalue weighted by Gasteiger charge is 2.21. The van der Waals surface area contributed by atoms with Crippen molar-refractivity contribution in [3.63, 3.8) is 0 Å². The molecule has 1 heterocycles. The minimum atomic E-state index is 0.391. The first-order valence-corrected chi connectivity index (χ1v) is 9.85. The summed E-state index contributed by atoms with van der Waals surface area (Å²) in [5, 5.41) is 0. The van der Waals surface area contributed by atoms with Gasteiger partial charge in [0.2, 0.25) is 5.91 Å². The van der Waals surface area contributed by atoms with Crippen LogP contribution in [0.2, 0.25) is 0 Å². The van der Waals surface area contributed by atoms with Crippen LogP contribution in [0, 0.1) is 5.92 Å². The van der Waals surface area contributed by atoms with Crippen molar-refractivity contribution >= 4 is 5.91 Å². The van der Waals surface area contributed by atoms with Gasteiger partial charge in [0.05, 0.1) is 0 Å². The molecule has 1 saturated carbocycles. The molecule has 3 heteroatoms. The summed E-state index contributed by atoms with van der Waals surface area (Å²) in [4.78, 5) is 17.2. The van der Waals surface area contributed by atoms with Crippen molar-refractivity contribution in [3.8, 4) is 0 Å². The van der Waals surface area contributed by atoms with Gasteiger partial charge in [-0.3, -0.25) is 9.69 Å². The normalized spacial score (nSPS) is 20.8. The maximum absolute atomic E-state index is 12.6. The molecule has 0 N–H and O–H groups in total. The van der Waals surface area contributed by atoms with Gasteiger partial charge in [0.25, 0.3) is 0 Å². The summed E-state index contributed by atoms with van der Waals surface area (Å²) in [6.07, 6.45) is 9.81. The number of rotatable bonds is 5. The summed E-state index contributed by atoms with van der Waals surface area (Å²) in [6, 6.07) is 10.7. The predicted molar refractivity (Wildman–Crippen MR) is 98.7 cm³/mol. The molecule has 0 unspecified atom stereocenters. The van der Waals surface area contributed by atoms with Crippen LogP contribution >= 0.6 is 0 Å². The van der Waals surface area contributed by atoms with Crippen molar-refractivity contribution in [2.45, 2.75) is 57.9 Å². The van der Waals surface area contributed by atoms with Gasteiger partial charge in [0.15, 0.2) is 0 Å². The standard InChI is InChI=1S/C21H32N2O/c24-21(13-12-19-8-3-1-4-9-19)23-15-7-14-22(16-17-23)18-20-10-5-2-6-11-20/h2,5-6,10-11,19H,1,3-4,7-9,12-18H2. The van der Waals surface area contributed by atoms with Crippen molar-refractivity contribution in [2.75, 3.05) is 26.2 Å². The lowest BCUT2D eigenvalue weighted by Gasteiger charge is -2.24. The third-order valence-electron chi connectivity index (χ3n) is 5.68. The second-order valence-corrected chi connectivity index (χ2v) is 7.54. The fraction of sp³-hybridized carbons (Fsp3) is 0.667. The summed E-state index contributed by atoms with van der Waals surface area (Å²) in [7, 11) is 0. The van der Waals surface area contributed by atoms with Gasteiger partial charge in [-0.05, 0) is 24.3 Å². The smallest absolute Gasteiger partial charge is 0.222 e. The van der Waals surface area contributed by atoms with Crippen molar-refractivity contribution in [2.24, 2.45) is 5.92 Å². The van der Waals surface area contributed by atoms with Crippen LogP contribution in [0.4, 0.5) is 0 Å². The quantitative estimate of drug-likeness (QED) is 0.813. The zero-order chi connectivity index (χ0) is 16.6. The van der Waals surface area contributed by atoms with Gasteiger partial charge in [-0.25, -0.2) is 0 Å². The lowest BCUT2D eigenvalue weighted by molar-refractivity contribution is -0.131. The third-order valence-corrected chi connectivity index (χ3v) is 5.68. The monoisotopic (exact) mass is 328 g/mol. The lowest BCUT2D eigenvalue weighted by Crippen LogP contribution is -2.35. The van der Waals surface area contributed by atoms with Crippen LogP contribution in [0.5, 0.6) is 0 Å². The Labute approximate surface area is 147 Å². The Morgan fingerprint density at radius 3 is 2.50 bits per heavy atom. The van der Waals surface area contributed by atoms with Crippen molar-refractivity contribution in [1.29, 1.82) is 0 Å². The molecule has 0 atom stereocenters. The molecule has 1 saturated heterocycles. The van der Waals surface area contributed by atoms with Crippen molar-refractivity contribution in [1.82, 2.24) is 9.80 Å². The third kappa shape index (κ3) is 5.34. The van der Waals surface area contributed by atoms with Gasteiger partial charge in [-0.2, -0.15) is 0 Å². The zero-order valence-corrected chi connectivity index (χ0v) is 15.0. The van der Waals surface area contributed by atoms with E-state index in [9.17, 15) is 4.79 Å². The Hall–Kier alpha value is -1.35. The average molecular weight is 329 g/mol. The molecule has 1 amide bonds. The summed E-state index contributed by atoms with van der Waals surface area (Å²) < 4.78 is 0. The molecule has 3 nitrogen and oxygen atoms in total. The lowest BCUT2D eigenvalue weighted by atomic mass is 9.86. The molecule has 0 spiro atoms. The van der Waals surface area contributed by atoms with E-state index < -0.39 is 0 Å². The van der Waals surface area contributed by atoms with E-state index >= 15 is 0 Å². The van der Waals surface area contributed by atoms with Crippen LogP contribution in [0.25, 0.3) is 0 Å². The summed E-state index contributed by atoms with van der Waals surface area (Å²) in [5.74, 6) is 1.20. The molecular weight excluding hydrogens is 296 g/mol. The molecule has 2 fully saturated rings. The van der Waals surface area contributed by atoms with Gasteiger partial charge in [0.1, 0.15) is 0 Å². The maximum Gasteiger partial charge on any atom is 0.222 e. The molecule has 1 aromatic carbocycles. The van der Waals surface area contributed by atoms with Gasteiger partial charge in [-0.1, -0.05) is 62.4 Å². The molecule has 0 radical (unpaired) electrons. The second-order valence-electron chi connectivity index (χ2n) is 7.54. The summed E-state index contributed by atoms with van der Waals surface area (Å²) in [5.41, 5.74) is 1.37. The number of carbonyl (C=O) groups is 1. The van der Waals surface area contributed by atoms with Crippen LogP contribution in [0.3, 0.4) is 0 Å². The van der Waals surface area contributed by atoms with E-state index in [-0.39, 0.29) is 0 Å². The maximum atomic E-state index is 12.6.